The van der Waals surface area contributed by atoms with Gasteiger partial charge in [0, 0.05) is 23.4 Å². The van der Waals surface area contributed by atoms with Gasteiger partial charge in [-0.15, -0.1) is 11.3 Å². The number of piperidine rings is 3. The lowest BCUT2D eigenvalue weighted by molar-refractivity contribution is -0.481. The highest BCUT2D eigenvalue weighted by atomic mass is 32.1. The maximum absolute atomic E-state index is 13.0. The van der Waals surface area contributed by atoms with Crippen LogP contribution in [-0.4, -0.2) is 42.4 Å². The Labute approximate surface area is 180 Å². The first-order valence-corrected chi connectivity index (χ1v) is 11.4. The van der Waals surface area contributed by atoms with Gasteiger partial charge < -0.3 is 10.2 Å². The van der Waals surface area contributed by atoms with Crippen LogP contribution in [0.4, 0.5) is 5.69 Å². The van der Waals surface area contributed by atoms with E-state index in [1.54, 1.807) is 23.6 Å². The van der Waals surface area contributed by atoms with E-state index in [1.165, 1.54) is 25.9 Å². The van der Waals surface area contributed by atoms with Crippen molar-refractivity contribution >= 4 is 38.9 Å². The molecular formula is C24H26N3O2S+. The molecule has 1 aromatic heterocycles. The van der Waals surface area contributed by atoms with E-state index < -0.39 is 0 Å². The lowest BCUT2D eigenvalue weighted by Crippen LogP contribution is -2.81. The van der Waals surface area contributed by atoms with Crippen molar-refractivity contribution in [2.75, 3.05) is 19.6 Å². The van der Waals surface area contributed by atoms with Crippen LogP contribution in [0.1, 0.15) is 29.4 Å². The van der Waals surface area contributed by atoms with Crippen molar-refractivity contribution in [3.8, 4) is 11.1 Å². The summed E-state index contributed by atoms with van der Waals surface area (Å²) in [6.45, 7) is 4.88. The van der Waals surface area contributed by atoms with E-state index in [2.05, 4.69) is 28.4 Å². The molecule has 0 saturated carbocycles. The molecule has 3 saturated heterocycles. The first kappa shape index (κ1) is 19.4. The number of nitrogens with two attached hydrogens (primary N) is 1. The van der Waals surface area contributed by atoms with Gasteiger partial charge in [0.25, 0.3) is 5.91 Å². The smallest absolute Gasteiger partial charge is 0.312 e. The van der Waals surface area contributed by atoms with Gasteiger partial charge in [0.1, 0.15) is 5.69 Å². The van der Waals surface area contributed by atoms with Crippen LogP contribution < -0.4 is 10.6 Å². The number of amides is 2. The molecule has 3 fully saturated rings. The number of fused-ring (bicyclic) bond motifs is 4. The maximum Gasteiger partial charge on any atom is 0.312 e. The molecule has 0 radical (unpaired) electrons. The van der Waals surface area contributed by atoms with Gasteiger partial charge in [-0.25, -0.2) is 4.79 Å². The van der Waals surface area contributed by atoms with E-state index in [0.717, 1.165) is 38.3 Å². The number of benzene rings is 2. The van der Waals surface area contributed by atoms with Crippen molar-refractivity contribution in [1.29, 1.82) is 0 Å². The van der Waals surface area contributed by atoms with Gasteiger partial charge in [-0.1, -0.05) is 30.3 Å². The Kier molecular flexibility index (Phi) is 5.15. The number of thiophene rings is 1. The molecule has 0 spiro atoms. The number of hydrogen-bond donors (Lipinski definition) is 2. The van der Waals surface area contributed by atoms with Crippen molar-refractivity contribution in [3.63, 3.8) is 0 Å². The number of quaternary nitrogens is 1. The fourth-order valence-corrected chi connectivity index (χ4v) is 5.90. The molecule has 1 unspecified atom stereocenters. The van der Waals surface area contributed by atoms with Crippen LogP contribution in [0.15, 0.2) is 48.5 Å². The minimum Gasteiger partial charge on any atom is -0.347 e. The highest BCUT2D eigenvalue weighted by molar-refractivity contribution is 7.21. The molecular weight excluding hydrogens is 394 g/mol. The predicted molar refractivity (Wildman–Crippen MR) is 120 cm³/mol. The first-order chi connectivity index (χ1) is 14.6. The molecule has 4 heterocycles. The van der Waals surface area contributed by atoms with Gasteiger partial charge in [0.05, 0.1) is 11.8 Å². The molecule has 154 valence electrons. The summed E-state index contributed by atoms with van der Waals surface area (Å²) in [5, 5.41) is 6.03. The fourth-order valence-electron chi connectivity index (χ4n) is 4.80. The molecule has 5 nitrogen and oxygen atoms in total. The van der Waals surface area contributed by atoms with Crippen molar-refractivity contribution in [2.24, 2.45) is 5.92 Å². The zero-order chi connectivity index (χ0) is 20.7. The van der Waals surface area contributed by atoms with Crippen LogP contribution in [0.25, 0.3) is 21.2 Å². The van der Waals surface area contributed by atoms with Crippen LogP contribution in [0, 0.1) is 5.92 Å². The number of nitrogens with zero attached hydrogens (tertiary/aromatic N) is 1. The summed E-state index contributed by atoms with van der Waals surface area (Å²) in [6.07, 6.45) is 2.38. The minimum absolute atomic E-state index is 0.0354. The minimum atomic E-state index is 0.0354. The average Bonchev–Trinajstić information content (AvgIpc) is 3.19. The largest absolute Gasteiger partial charge is 0.347 e. The third-order valence-corrected chi connectivity index (χ3v) is 7.49. The van der Waals surface area contributed by atoms with Crippen molar-refractivity contribution in [2.45, 2.75) is 25.8 Å². The summed E-state index contributed by atoms with van der Waals surface area (Å²) in [6, 6.07) is 16.4. The maximum atomic E-state index is 13.0. The number of hydrogen-bond acceptors (Lipinski definition) is 4. The molecule has 6 heteroatoms. The molecule has 30 heavy (non-hydrogen) atoms. The van der Waals surface area contributed by atoms with E-state index >= 15 is 0 Å². The summed E-state index contributed by atoms with van der Waals surface area (Å²) in [5.74, 6) is 0.692. The van der Waals surface area contributed by atoms with E-state index in [4.69, 9.17) is 0 Å². The summed E-state index contributed by atoms with van der Waals surface area (Å²) < 4.78 is 1.11. The second-order valence-corrected chi connectivity index (χ2v) is 9.49. The molecule has 2 amide bonds. The number of rotatable bonds is 4. The quantitative estimate of drug-likeness (QED) is 0.638. The molecule has 1 atom stereocenters. The van der Waals surface area contributed by atoms with Crippen molar-refractivity contribution < 1.29 is 14.9 Å². The lowest BCUT2D eigenvalue weighted by atomic mass is 9.84. The van der Waals surface area contributed by atoms with E-state index in [9.17, 15) is 9.59 Å². The number of carbonyl (C=O) groups excluding carboxylic acids is 2. The van der Waals surface area contributed by atoms with Crippen molar-refractivity contribution in [3.05, 3.63) is 53.4 Å². The fraction of sp³-hybridized carbons (Fsp3) is 0.333. The first-order valence-electron chi connectivity index (χ1n) is 10.6. The van der Waals surface area contributed by atoms with Gasteiger partial charge >= 0.3 is 5.91 Å². The molecule has 2 aromatic carbocycles. The van der Waals surface area contributed by atoms with Gasteiger partial charge in [-0.05, 0) is 60.5 Å². The standard InChI is InChI=1S/C24H25N3O2S/c1-15(28)25-19-6-2-4-17(12-19)20-7-3-5-18-13-22(30-23(18)20)24(29)26-21-14-27-10-8-16(21)9-11-27/h2-7,12-13,16,21H,8-11,14H2,1H3,(H,25,28)(H,26,29)/p+1. The molecule has 3 aliphatic heterocycles. The van der Waals surface area contributed by atoms with Gasteiger partial charge in [0.2, 0.25) is 0 Å². The lowest BCUT2D eigenvalue weighted by Gasteiger charge is -2.44. The highest BCUT2D eigenvalue weighted by Crippen LogP contribution is 2.36. The van der Waals surface area contributed by atoms with Crippen LogP contribution in [0.3, 0.4) is 0 Å². The average molecular weight is 421 g/mol. The number of carbonyl (C=O) groups is 2. The molecule has 0 aliphatic carbocycles. The molecule has 3 N–H and O–H groups in total. The Bertz CT molecular complexity index is 1110. The third kappa shape index (κ3) is 3.78. The summed E-state index contributed by atoms with van der Waals surface area (Å²) in [4.78, 5) is 27.7. The zero-order valence-electron chi connectivity index (χ0n) is 17.1. The Balaban J connectivity index is 1.42. The Morgan fingerprint density at radius 2 is 1.90 bits per heavy atom. The van der Waals surface area contributed by atoms with Crippen LogP contribution in [-0.2, 0) is 4.79 Å². The Hall–Kier alpha value is -2.54. The third-order valence-electron chi connectivity index (χ3n) is 6.31. The monoisotopic (exact) mass is 420 g/mol. The molecule has 3 aliphatic rings. The van der Waals surface area contributed by atoms with E-state index in [1.807, 2.05) is 30.3 Å². The normalized spacial score (nSPS) is 22.9. The SMILES string of the molecule is CC(=O)[NH2+]c1cccc(-c2cccc3cc(C(=O)NC4CN5CCC4CC5)sc23)c1. The van der Waals surface area contributed by atoms with Gasteiger partial charge in [0.15, 0.2) is 0 Å². The topological polar surface area (TPSA) is 66.0 Å². The predicted octanol–water partition coefficient (Wildman–Crippen LogP) is 3.13. The number of nitrogens with one attached hydrogen (secondary N) is 1. The zero-order valence-corrected chi connectivity index (χ0v) is 17.9. The molecule has 2 bridgehead atoms. The second-order valence-electron chi connectivity index (χ2n) is 8.43. The highest BCUT2D eigenvalue weighted by Gasteiger charge is 2.35. The molecule has 6 rings (SSSR count). The summed E-state index contributed by atoms with van der Waals surface area (Å²) >= 11 is 1.55. The summed E-state index contributed by atoms with van der Waals surface area (Å²) in [7, 11) is 0. The van der Waals surface area contributed by atoms with Crippen LogP contribution in [0.2, 0.25) is 0 Å². The second kappa shape index (κ2) is 7.95. The Morgan fingerprint density at radius 3 is 2.63 bits per heavy atom. The van der Waals surface area contributed by atoms with Crippen molar-refractivity contribution in [1.82, 2.24) is 10.2 Å². The molecule has 3 aromatic rings. The van der Waals surface area contributed by atoms with Gasteiger partial charge in [-0.3, -0.25) is 10.1 Å². The van der Waals surface area contributed by atoms with E-state index in [-0.39, 0.29) is 17.9 Å². The Morgan fingerprint density at radius 1 is 1.10 bits per heavy atom. The number of primary amides is 1. The summed E-state index contributed by atoms with van der Waals surface area (Å²) in [5.41, 5.74) is 3.05. The van der Waals surface area contributed by atoms with E-state index in [0.29, 0.717) is 5.92 Å². The van der Waals surface area contributed by atoms with Crippen LogP contribution in [0.5, 0.6) is 0 Å². The van der Waals surface area contributed by atoms with Crippen LogP contribution >= 0.6 is 11.3 Å². The van der Waals surface area contributed by atoms with Gasteiger partial charge in [-0.2, -0.15) is 0 Å².